The Morgan fingerprint density at radius 1 is 1.08 bits per heavy atom. The molecule has 0 spiro atoms. The van der Waals surface area contributed by atoms with Crippen LogP contribution in [0, 0.1) is 11.8 Å². The van der Waals surface area contributed by atoms with E-state index >= 15 is 0 Å². The second-order valence-electron chi connectivity index (χ2n) is 6.68. The highest BCUT2D eigenvalue weighted by Crippen LogP contribution is 2.23. The zero-order chi connectivity index (χ0) is 17.3. The second kappa shape index (κ2) is 6.55. The second-order valence-corrected chi connectivity index (χ2v) is 6.68. The van der Waals surface area contributed by atoms with Crippen molar-refractivity contribution in [3.63, 3.8) is 0 Å². The molecule has 1 aromatic carbocycles. The summed E-state index contributed by atoms with van der Waals surface area (Å²) in [6, 6.07) is 8.35. The summed E-state index contributed by atoms with van der Waals surface area (Å²) in [7, 11) is 1.57. The van der Waals surface area contributed by atoms with Gasteiger partial charge in [0.15, 0.2) is 0 Å². The molecule has 1 aliphatic rings. The molecule has 1 aromatic heterocycles. The molecular formula is C18H23N3O3. The van der Waals surface area contributed by atoms with Crippen LogP contribution < -0.4 is 20.9 Å². The number of hydrogen-bond donors (Lipinski definition) is 1. The minimum Gasteiger partial charge on any atom is -0.497 e. The van der Waals surface area contributed by atoms with E-state index in [4.69, 9.17) is 4.74 Å². The van der Waals surface area contributed by atoms with E-state index in [1.165, 1.54) is 12.5 Å². The first-order chi connectivity index (χ1) is 11.5. The monoisotopic (exact) mass is 329 g/mol. The minimum absolute atomic E-state index is 0.329. The summed E-state index contributed by atoms with van der Waals surface area (Å²) in [6.45, 7) is 6.09. The summed E-state index contributed by atoms with van der Waals surface area (Å²) in [5.74, 6) is 2.37. The molecule has 128 valence electrons. The average molecular weight is 329 g/mol. The van der Waals surface area contributed by atoms with Gasteiger partial charge in [-0.05, 0) is 42.5 Å². The molecule has 2 heterocycles. The molecule has 1 aliphatic heterocycles. The molecule has 1 fully saturated rings. The van der Waals surface area contributed by atoms with E-state index in [-0.39, 0.29) is 5.56 Å². The maximum absolute atomic E-state index is 12.5. The van der Waals surface area contributed by atoms with E-state index in [9.17, 15) is 9.59 Å². The van der Waals surface area contributed by atoms with Crippen molar-refractivity contribution in [1.82, 2.24) is 9.55 Å². The Bertz CT molecular complexity index is 781. The minimum atomic E-state index is -0.423. The summed E-state index contributed by atoms with van der Waals surface area (Å²) in [6.07, 6.45) is 1.17. The van der Waals surface area contributed by atoms with Crippen LogP contribution in [0.4, 0.5) is 5.82 Å². The van der Waals surface area contributed by atoms with Gasteiger partial charge in [0.05, 0.1) is 12.8 Å². The van der Waals surface area contributed by atoms with E-state index in [1.807, 2.05) is 0 Å². The number of aromatic amines is 1. The van der Waals surface area contributed by atoms with Gasteiger partial charge in [-0.2, -0.15) is 0 Å². The van der Waals surface area contributed by atoms with Gasteiger partial charge in [-0.15, -0.1) is 0 Å². The fourth-order valence-electron chi connectivity index (χ4n) is 3.49. The molecule has 0 unspecified atom stereocenters. The topological polar surface area (TPSA) is 67.3 Å². The third kappa shape index (κ3) is 3.22. The van der Waals surface area contributed by atoms with E-state index in [2.05, 4.69) is 23.7 Å². The van der Waals surface area contributed by atoms with Gasteiger partial charge in [-0.1, -0.05) is 13.8 Å². The molecule has 2 aromatic rings. The lowest BCUT2D eigenvalue weighted by molar-refractivity contribution is 0.355. The van der Waals surface area contributed by atoms with Crippen LogP contribution in [0.2, 0.25) is 0 Å². The Morgan fingerprint density at radius 3 is 2.25 bits per heavy atom. The highest BCUT2D eigenvalue weighted by Gasteiger charge is 2.23. The van der Waals surface area contributed by atoms with Crippen LogP contribution in [-0.4, -0.2) is 29.8 Å². The molecule has 6 nitrogen and oxygen atoms in total. The van der Waals surface area contributed by atoms with E-state index in [0.717, 1.165) is 17.7 Å². The first-order valence-corrected chi connectivity index (χ1v) is 8.23. The van der Waals surface area contributed by atoms with Crippen LogP contribution in [0.25, 0.3) is 5.69 Å². The highest BCUT2D eigenvalue weighted by molar-refractivity contribution is 5.41. The number of methoxy groups -OCH3 is 1. The van der Waals surface area contributed by atoms with Crippen molar-refractivity contribution in [3.05, 3.63) is 51.2 Å². The number of nitrogens with one attached hydrogen (secondary N) is 1. The number of benzene rings is 1. The Balaban J connectivity index is 1.97. The maximum atomic E-state index is 12.5. The van der Waals surface area contributed by atoms with E-state index in [0.29, 0.717) is 29.1 Å². The molecule has 1 N–H and O–H groups in total. The Kier molecular flexibility index (Phi) is 4.46. The highest BCUT2D eigenvalue weighted by atomic mass is 16.5. The summed E-state index contributed by atoms with van der Waals surface area (Å²) in [5.41, 5.74) is -0.229. The first-order valence-electron chi connectivity index (χ1n) is 8.23. The van der Waals surface area contributed by atoms with Gasteiger partial charge in [0.25, 0.3) is 5.56 Å². The maximum Gasteiger partial charge on any atom is 0.334 e. The van der Waals surface area contributed by atoms with Crippen molar-refractivity contribution in [2.24, 2.45) is 11.8 Å². The number of anilines is 1. The van der Waals surface area contributed by atoms with E-state index in [1.54, 1.807) is 31.4 Å². The Hall–Kier alpha value is -2.50. The molecule has 0 bridgehead atoms. The van der Waals surface area contributed by atoms with Crippen molar-refractivity contribution in [3.8, 4) is 11.4 Å². The molecule has 0 amide bonds. The Labute approximate surface area is 140 Å². The lowest BCUT2D eigenvalue weighted by atomic mass is 9.92. The molecule has 3 rings (SSSR count). The van der Waals surface area contributed by atoms with Crippen LogP contribution in [0.3, 0.4) is 0 Å². The van der Waals surface area contributed by atoms with Gasteiger partial charge < -0.3 is 9.64 Å². The summed E-state index contributed by atoms with van der Waals surface area (Å²) in [4.78, 5) is 29.9. The molecule has 6 heteroatoms. The summed E-state index contributed by atoms with van der Waals surface area (Å²) >= 11 is 0. The van der Waals surface area contributed by atoms with Gasteiger partial charge in [0.1, 0.15) is 11.6 Å². The fraction of sp³-hybridized carbons (Fsp3) is 0.444. The number of nitrogens with zero attached hydrogens (tertiary/aromatic N) is 2. The third-order valence-corrected chi connectivity index (χ3v) is 4.46. The predicted octanol–water partition coefficient (Wildman–Crippen LogP) is 2.02. The zero-order valence-electron chi connectivity index (χ0n) is 14.3. The van der Waals surface area contributed by atoms with Crippen LogP contribution in [0.15, 0.2) is 39.9 Å². The molecule has 24 heavy (non-hydrogen) atoms. The lowest BCUT2D eigenvalue weighted by Gasteiger charge is -2.36. The van der Waals surface area contributed by atoms with Crippen LogP contribution in [-0.2, 0) is 0 Å². The first kappa shape index (κ1) is 16.4. The van der Waals surface area contributed by atoms with Crippen molar-refractivity contribution in [1.29, 1.82) is 0 Å². The Morgan fingerprint density at radius 2 is 1.71 bits per heavy atom. The molecule has 2 atom stereocenters. The SMILES string of the molecule is COc1ccc(-n2c(=O)cc(N3C[C@H](C)C[C@H](C)C3)[nH]c2=O)cc1. The van der Waals surface area contributed by atoms with Crippen LogP contribution >= 0.6 is 0 Å². The van der Waals surface area contributed by atoms with E-state index < -0.39 is 5.69 Å². The van der Waals surface area contributed by atoms with Crippen molar-refractivity contribution in [2.45, 2.75) is 20.3 Å². The van der Waals surface area contributed by atoms with Gasteiger partial charge in [-0.25, -0.2) is 9.36 Å². The number of ether oxygens (including phenoxy) is 1. The number of rotatable bonds is 3. The smallest absolute Gasteiger partial charge is 0.334 e. The van der Waals surface area contributed by atoms with Crippen molar-refractivity contribution < 1.29 is 4.74 Å². The lowest BCUT2D eigenvalue weighted by Crippen LogP contribution is -2.42. The number of hydrogen-bond acceptors (Lipinski definition) is 4. The predicted molar refractivity (Wildman–Crippen MR) is 94.4 cm³/mol. The molecule has 0 aliphatic carbocycles. The zero-order valence-corrected chi connectivity index (χ0v) is 14.3. The molecule has 0 radical (unpaired) electrons. The standard InChI is InChI=1S/C18H23N3O3/c1-12-8-13(2)11-20(10-12)16-9-17(22)21(18(23)19-16)14-4-6-15(24-3)7-5-14/h4-7,9,12-13H,8,10-11H2,1-3H3,(H,19,23)/t12-,13+. The fourth-order valence-corrected chi connectivity index (χ4v) is 3.49. The quantitative estimate of drug-likeness (QED) is 0.935. The van der Waals surface area contributed by atoms with Gasteiger partial charge in [-0.3, -0.25) is 9.78 Å². The molecule has 0 saturated carbocycles. The van der Waals surface area contributed by atoms with Crippen LogP contribution in [0.1, 0.15) is 20.3 Å². The number of aromatic nitrogens is 2. The summed E-state index contributed by atoms with van der Waals surface area (Å²) in [5, 5.41) is 0. The third-order valence-electron chi connectivity index (χ3n) is 4.46. The summed E-state index contributed by atoms with van der Waals surface area (Å²) < 4.78 is 6.24. The molecular weight excluding hydrogens is 306 g/mol. The van der Waals surface area contributed by atoms with Gasteiger partial charge in [0, 0.05) is 19.2 Å². The number of piperidine rings is 1. The van der Waals surface area contributed by atoms with Gasteiger partial charge >= 0.3 is 5.69 Å². The average Bonchev–Trinajstić information content (AvgIpc) is 2.54. The van der Waals surface area contributed by atoms with Crippen LogP contribution in [0.5, 0.6) is 5.75 Å². The van der Waals surface area contributed by atoms with Crippen molar-refractivity contribution >= 4 is 5.82 Å². The largest absolute Gasteiger partial charge is 0.497 e. The normalized spacial score (nSPS) is 20.9. The molecule has 1 saturated heterocycles. The van der Waals surface area contributed by atoms with Gasteiger partial charge in [0.2, 0.25) is 0 Å². The van der Waals surface area contributed by atoms with Crippen molar-refractivity contribution in [2.75, 3.05) is 25.1 Å². The number of H-pyrrole nitrogens is 1.